The number of hydrogen-bond acceptors (Lipinski definition) is 3. The molecular weight excluding hydrogens is 472 g/mol. The SMILES string of the molecule is Nc1cc(Br)c(Oc2ccc3[nH]cc(C(=O)C4CCCCC4)c3c2)c(Br)c1. The molecule has 1 heterocycles. The number of nitrogens with one attached hydrogen (secondary N) is 1. The Kier molecular flexibility index (Phi) is 5.28. The number of ether oxygens (including phenoxy) is 1. The van der Waals surface area contributed by atoms with E-state index in [1.807, 2.05) is 24.4 Å². The molecule has 140 valence electrons. The molecule has 0 spiro atoms. The number of carbonyl (C=O) groups excluding carboxylic acids is 1. The van der Waals surface area contributed by atoms with Gasteiger partial charge in [-0.1, -0.05) is 19.3 Å². The van der Waals surface area contributed by atoms with Gasteiger partial charge in [0.2, 0.25) is 0 Å². The smallest absolute Gasteiger partial charge is 0.168 e. The fraction of sp³-hybridized carbons (Fsp3) is 0.286. The standard InChI is InChI=1S/C21H20Br2N2O2/c22-17-8-13(24)9-18(23)21(17)27-14-6-7-19-15(10-14)16(11-25-19)20(26)12-4-2-1-3-5-12/h6-12,25H,1-5,24H2. The summed E-state index contributed by atoms with van der Waals surface area (Å²) in [6.45, 7) is 0. The molecule has 6 heteroatoms. The third-order valence-electron chi connectivity index (χ3n) is 5.14. The van der Waals surface area contributed by atoms with Crippen LogP contribution in [0.3, 0.4) is 0 Å². The molecular formula is C21H20Br2N2O2. The van der Waals surface area contributed by atoms with E-state index in [1.54, 1.807) is 12.1 Å². The molecule has 4 rings (SSSR count). The number of ketones is 1. The molecule has 0 radical (unpaired) electrons. The van der Waals surface area contributed by atoms with Crippen LogP contribution in [0.2, 0.25) is 0 Å². The van der Waals surface area contributed by atoms with Gasteiger partial charge < -0.3 is 15.5 Å². The molecule has 0 amide bonds. The number of anilines is 1. The van der Waals surface area contributed by atoms with Crippen LogP contribution in [0.5, 0.6) is 11.5 Å². The molecule has 3 N–H and O–H groups in total. The molecule has 1 aromatic heterocycles. The zero-order chi connectivity index (χ0) is 19.0. The molecule has 3 aromatic rings. The molecule has 0 bridgehead atoms. The van der Waals surface area contributed by atoms with Crippen LogP contribution in [-0.2, 0) is 0 Å². The second kappa shape index (κ2) is 7.68. The predicted molar refractivity (Wildman–Crippen MR) is 116 cm³/mol. The van der Waals surface area contributed by atoms with Crippen LogP contribution in [0.25, 0.3) is 10.9 Å². The molecule has 27 heavy (non-hydrogen) atoms. The monoisotopic (exact) mass is 490 g/mol. The Balaban J connectivity index is 1.67. The fourth-order valence-electron chi connectivity index (χ4n) is 3.75. The first-order valence-corrected chi connectivity index (χ1v) is 10.7. The first-order chi connectivity index (χ1) is 13.0. The van der Waals surface area contributed by atoms with Crippen LogP contribution in [0.1, 0.15) is 42.5 Å². The summed E-state index contributed by atoms with van der Waals surface area (Å²) in [5.74, 6) is 1.71. The lowest BCUT2D eigenvalue weighted by Crippen LogP contribution is -2.17. The minimum atomic E-state index is 0.141. The van der Waals surface area contributed by atoms with Gasteiger partial charge in [-0.15, -0.1) is 0 Å². The fourth-order valence-corrected chi connectivity index (χ4v) is 5.13. The van der Waals surface area contributed by atoms with Crippen LogP contribution in [-0.4, -0.2) is 10.8 Å². The first kappa shape index (κ1) is 18.6. The number of H-pyrrole nitrogens is 1. The average Bonchev–Trinajstić information content (AvgIpc) is 3.08. The molecule has 0 saturated heterocycles. The van der Waals surface area contributed by atoms with Crippen molar-refractivity contribution in [2.24, 2.45) is 5.92 Å². The lowest BCUT2D eigenvalue weighted by molar-refractivity contribution is 0.0891. The summed E-state index contributed by atoms with van der Waals surface area (Å²) in [4.78, 5) is 16.2. The quantitative estimate of drug-likeness (QED) is 0.310. The average molecular weight is 492 g/mol. The summed E-state index contributed by atoms with van der Waals surface area (Å²) in [6, 6.07) is 9.36. The normalized spacial score (nSPS) is 15.2. The minimum Gasteiger partial charge on any atom is -0.455 e. The minimum absolute atomic E-state index is 0.141. The van der Waals surface area contributed by atoms with Gasteiger partial charge in [0.15, 0.2) is 11.5 Å². The highest BCUT2D eigenvalue weighted by molar-refractivity contribution is 9.11. The van der Waals surface area contributed by atoms with Crippen molar-refractivity contribution < 1.29 is 9.53 Å². The number of benzene rings is 2. The first-order valence-electron chi connectivity index (χ1n) is 9.10. The lowest BCUT2D eigenvalue weighted by Gasteiger charge is -2.19. The van der Waals surface area contributed by atoms with E-state index in [2.05, 4.69) is 36.8 Å². The Morgan fingerprint density at radius 2 is 1.78 bits per heavy atom. The number of halogens is 2. The van der Waals surface area contributed by atoms with E-state index < -0.39 is 0 Å². The van der Waals surface area contributed by atoms with Crippen molar-refractivity contribution in [2.45, 2.75) is 32.1 Å². The summed E-state index contributed by atoms with van der Waals surface area (Å²) in [5.41, 5.74) is 8.19. The molecule has 2 aromatic carbocycles. The Morgan fingerprint density at radius 1 is 1.07 bits per heavy atom. The summed E-state index contributed by atoms with van der Waals surface area (Å²) < 4.78 is 7.61. The maximum atomic E-state index is 13.0. The Hall–Kier alpha value is -1.79. The van der Waals surface area contributed by atoms with Crippen molar-refractivity contribution in [1.29, 1.82) is 0 Å². The second-order valence-electron chi connectivity index (χ2n) is 7.02. The number of nitrogens with two attached hydrogens (primary N) is 1. The van der Waals surface area contributed by atoms with E-state index >= 15 is 0 Å². The van der Waals surface area contributed by atoms with E-state index in [0.29, 0.717) is 17.2 Å². The van der Waals surface area contributed by atoms with Gasteiger partial charge in [0, 0.05) is 34.3 Å². The van der Waals surface area contributed by atoms with Crippen molar-refractivity contribution in [1.82, 2.24) is 4.98 Å². The third kappa shape index (κ3) is 3.78. The molecule has 1 aliphatic carbocycles. The van der Waals surface area contributed by atoms with Crippen molar-refractivity contribution in [3.8, 4) is 11.5 Å². The number of fused-ring (bicyclic) bond motifs is 1. The van der Waals surface area contributed by atoms with Gasteiger partial charge in [0.25, 0.3) is 0 Å². The van der Waals surface area contributed by atoms with Crippen molar-refractivity contribution in [3.05, 3.63) is 51.0 Å². The number of rotatable bonds is 4. The van der Waals surface area contributed by atoms with Gasteiger partial charge in [0.05, 0.1) is 8.95 Å². The van der Waals surface area contributed by atoms with E-state index in [0.717, 1.165) is 51.1 Å². The van der Waals surface area contributed by atoms with Crippen molar-refractivity contribution in [3.63, 3.8) is 0 Å². The molecule has 0 atom stereocenters. The number of hydrogen-bond donors (Lipinski definition) is 2. The maximum absolute atomic E-state index is 13.0. The van der Waals surface area contributed by atoms with Gasteiger partial charge in [0.1, 0.15) is 5.75 Å². The zero-order valence-corrected chi connectivity index (χ0v) is 17.9. The van der Waals surface area contributed by atoms with Gasteiger partial charge in [-0.25, -0.2) is 0 Å². The number of Topliss-reactive ketones (excluding diaryl/α,β-unsaturated/α-hetero) is 1. The van der Waals surface area contributed by atoms with Crippen LogP contribution >= 0.6 is 31.9 Å². The Bertz CT molecular complexity index is 984. The van der Waals surface area contributed by atoms with Crippen LogP contribution in [0.15, 0.2) is 45.5 Å². The number of nitrogen functional groups attached to an aromatic ring is 1. The largest absolute Gasteiger partial charge is 0.455 e. The summed E-state index contributed by atoms with van der Waals surface area (Å²) in [5, 5.41) is 0.908. The highest BCUT2D eigenvalue weighted by atomic mass is 79.9. The van der Waals surface area contributed by atoms with Crippen molar-refractivity contribution >= 4 is 54.2 Å². The maximum Gasteiger partial charge on any atom is 0.168 e. The van der Waals surface area contributed by atoms with Gasteiger partial charge in [-0.3, -0.25) is 4.79 Å². The highest BCUT2D eigenvalue weighted by Gasteiger charge is 2.24. The molecule has 0 aliphatic heterocycles. The van der Waals surface area contributed by atoms with E-state index in [1.165, 1.54) is 6.42 Å². The molecule has 1 fully saturated rings. The third-order valence-corrected chi connectivity index (χ3v) is 6.31. The van der Waals surface area contributed by atoms with E-state index in [4.69, 9.17) is 10.5 Å². The summed E-state index contributed by atoms with van der Waals surface area (Å²) >= 11 is 6.98. The number of carbonyl (C=O) groups is 1. The summed E-state index contributed by atoms with van der Waals surface area (Å²) in [7, 11) is 0. The van der Waals surface area contributed by atoms with Crippen LogP contribution < -0.4 is 10.5 Å². The number of aromatic amines is 1. The van der Waals surface area contributed by atoms with Crippen LogP contribution in [0.4, 0.5) is 5.69 Å². The molecule has 1 aliphatic rings. The van der Waals surface area contributed by atoms with E-state index in [9.17, 15) is 4.79 Å². The van der Waals surface area contributed by atoms with Crippen LogP contribution in [0, 0.1) is 5.92 Å². The zero-order valence-electron chi connectivity index (χ0n) is 14.7. The molecule has 1 saturated carbocycles. The topological polar surface area (TPSA) is 68.1 Å². The number of aromatic nitrogens is 1. The lowest BCUT2D eigenvalue weighted by atomic mass is 9.84. The van der Waals surface area contributed by atoms with Crippen molar-refractivity contribution in [2.75, 3.05) is 5.73 Å². The van der Waals surface area contributed by atoms with Gasteiger partial charge in [-0.2, -0.15) is 0 Å². The highest BCUT2D eigenvalue weighted by Crippen LogP contribution is 2.39. The summed E-state index contributed by atoms with van der Waals surface area (Å²) in [6.07, 6.45) is 7.35. The second-order valence-corrected chi connectivity index (χ2v) is 8.73. The Morgan fingerprint density at radius 3 is 2.48 bits per heavy atom. The van der Waals surface area contributed by atoms with Gasteiger partial charge >= 0.3 is 0 Å². The van der Waals surface area contributed by atoms with Gasteiger partial charge in [-0.05, 0) is 75.0 Å². The molecule has 4 nitrogen and oxygen atoms in total. The predicted octanol–water partition coefficient (Wildman–Crippen LogP) is 6.83. The Labute approximate surface area is 174 Å². The van der Waals surface area contributed by atoms with E-state index in [-0.39, 0.29) is 11.7 Å². The molecule has 0 unspecified atom stereocenters.